The zero-order chi connectivity index (χ0) is 10.7. The number of halogens is 1. The van der Waals surface area contributed by atoms with Crippen molar-refractivity contribution in [2.24, 2.45) is 11.7 Å². The molecule has 1 aromatic carbocycles. The van der Waals surface area contributed by atoms with Crippen molar-refractivity contribution in [2.75, 3.05) is 13.1 Å². The lowest BCUT2D eigenvalue weighted by atomic mass is 9.88. The van der Waals surface area contributed by atoms with Gasteiger partial charge < -0.3 is 11.1 Å². The fraction of sp³-hybridized carbons (Fsp3) is 0.500. The molecule has 1 aliphatic rings. The Bertz CT molecular complexity index is 310. The molecule has 0 aliphatic carbocycles. The highest BCUT2D eigenvalue weighted by Crippen LogP contribution is 2.17. The van der Waals surface area contributed by atoms with E-state index in [1.165, 1.54) is 5.56 Å². The van der Waals surface area contributed by atoms with Gasteiger partial charge >= 0.3 is 0 Å². The van der Waals surface area contributed by atoms with Crippen LogP contribution >= 0.6 is 15.9 Å². The first kappa shape index (κ1) is 11.1. The van der Waals surface area contributed by atoms with Crippen molar-refractivity contribution in [3.8, 4) is 0 Å². The van der Waals surface area contributed by atoms with E-state index in [-0.39, 0.29) is 0 Å². The number of nitrogens with two attached hydrogens (primary N) is 1. The first-order chi connectivity index (χ1) is 7.25. The molecule has 3 heteroatoms. The van der Waals surface area contributed by atoms with Gasteiger partial charge in [-0.15, -0.1) is 0 Å². The van der Waals surface area contributed by atoms with Crippen molar-refractivity contribution in [1.82, 2.24) is 5.32 Å². The normalized spacial score (nSPS) is 26.5. The van der Waals surface area contributed by atoms with Crippen molar-refractivity contribution in [3.05, 3.63) is 34.3 Å². The predicted octanol–water partition coefficient (Wildman–Crippen LogP) is 1.93. The number of benzene rings is 1. The van der Waals surface area contributed by atoms with Crippen molar-refractivity contribution < 1.29 is 0 Å². The average Bonchev–Trinajstić information content (AvgIpc) is 2.25. The third-order valence-electron chi connectivity index (χ3n) is 3.08. The lowest BCUT2D eigenvalue weighted by Gasteiger charge is -2.29. The fourth-order valence-electron chi connectivity index (χ4n) is 2.09. The molecule has 3 N–H and O–H groups in total. The summed E-state index contributed by atoms with van der Waals surface area (Å²) in [6.45, 7) is 2.12. The Morgan fingerprint density at radius 3 is 2.73 bits per heavy atom. The van der Waals surface area contributed by atoms with Crippen LogP contribution in [0.25, 0.3) is 0 Å². The van der Waals surface area contributed by atoms with Crippen LogP contribution in [0, 0.1) is 5.92 Å². The second kappa shape index (κ2) is 5.10. The molecule has 0 saturated carbocycles. The molecule has 1 fully saturated rings. The Hall–Kier alpha value is -0.380. The molecule has 2 rings (SSSR count). The van der Waals surface area contributed by atoms with E-state index in [1.54, 1.807) is 0 Å². The second-order valence-corrected chi connectivity index (χ2v) is 5.16. The van der Waals surface area contributed by atoms with E-state index >= 15 is 0 Å². The monoisotopic (exact) mass is 268 g/mol. The standard InChI is InChI=1S/C12H17BrN2/c13-11-3-1-9(2-4-11)7-10-8-15-6-5-12(10)14/h1-4,10,12,15H,5-8,14H2. The fourth-order valence-corrected chi connectivity index (χ4v) is 2.35. The van der Waals surface area contributed by atoms with Crippen LogP contribution in [-0.4, -0.2) is 19.1 Å². The molecule has 0 spiro atoms. The van der Waals surface area contributed by atoms with E-state index < -0.39 is 0 Å². The number of hydrogen-bond acceptors (Lipinski definition) is 2. The van der Waals surface area contributed by atoms with Gasteiger partial charge in [-0.1, -0.05) is 28.1 Å². The van der Waals surface area contributed by atoms with Crippen LogP contribution in [0.3, 0.4) is 0 Å². The molecule has 0 bridgehead atoms. The third kappa shape index (κ3) is 3.03. The van der Waals surface area contributed by atoms with Gasteiger partial charge in [-0.05, 0) is 49.5 Å². The number of rotatable bonds is 2. The second-order valence-electron chi connectivity index (χ2n) is 4.25. The zero-order valence-electron chi connectivity index (χ0n) is 8.75. The molecule has 0 aromatic heterocycles. The van der Waals surface area contributed by atoms with E-state index in [1.807, 2.05) is 0 Å². The van der Waals surface area contributed by atoms with E-state index in [0.29, 0.717) is 12.0 Å². The van der Waals surface area contributed by atoms with Gasteiger partial charge in [-0.25, -0.2) is 0 Å². The quantitative estimate of drug-likeness (QED) is 0.861. The Kier molecular flexibility index (Phi) is 3.78. The summed E-state index contributed by atoms with van der Waals surface area (Å²) in [7, 11) is 0. The number of piperidine rings is 1. The van der Waals surface area contributed by atoms with E-state index in [0.717, 1.165) is 30.4 Å². The minimum atomic E-state index is 0.356. The minimum absolute atomic E-state index is 0.356. The maximum atomic E-state index is 6.11. The lowest BCUT2D eigenvalue weighted by molar-refractivity contribution is 0.324. The van der Waals surface area contributed by atoms with Crippen LogP contribution in [0.2, 0.25) is 0 Å². The summed E-state index contributed by atoms with van der Waals surface area (Å²) < 4.78 is 1.14. The Morgan fingerprint density at radius 2 is 2.07 bits per heavy atom. The zero-order valence-corrected chi connectivity index (χ0v) is 10.3. The first-order valence-electron chi connectivity index (χ1n) is 5.46. The molecule has 1 aliphatic heterocycles. The summed E-state index contributed by atoms with van der Waals surface area (Å²) in [5.41, 5.74) is 7.48. The van der Waals surface area contributed by atoms with Crippen LogP contribution in [-0.2, 0) is 6.42 Å². The van der Waals surface area contributed by atoms with Crippen LogP contribution in [0.1, 0.15) is 12.0 Å². The summed E-state index contributed by atoms with van der Waals surface area (Å²) in [5.74, 6) is 0.583. The molecule has 0 radical (unpaired) electrons. The Labute approximate surface area is 99.4 Å². The van der Waals surface area contributed by atoms with Crippen molar-refractivity contribution in [1.29, 1.82) is 0 Å². The largest absolute Gasteiger partial charge is 0.327 e. The number of hydrogen-bond donors (Lipinski definition) is 2. The molecular formula is C12H17BrN2. The first-order valence-corrected chi connectivity index (χ1v) is 6.26. The van der Waals surface area contributed by atoms with E-state index in [2.05, 4.69) is 45.5 Å². The summed E-state index contributed by atoms with van der Waals surface area (Å²) in [6, 6.07) is 8.89. The predicted molar refractivity (Wildman–Crippen MR) is 66.8 cm³/mol. The van der Waals surface area contributed by atoms with Gasteiger partial charge in [0.1, 0.15) is 0 Å². The molecule has 2 nitrogen and oxygen atoms in total. The van der Waals surface area contributed by atoms with Crippen LogP contribution in [0.15, 0.2) is 28.7 Å². The molecule has 15 heavy (non-hydrogen) atoms. The van der Waals surface area contributed by atoms with Gasteiger partial charge in [0.2, 0.25) is 0 Å². The molecule has 82 valence electrons. The van der Waals surface area contributed by atoms with E-state index in [9.17, 15) is 0 Å². The highest BCUT2D eigenvalue weighted by Gasteiger charge is 2.21. The summed E-state index contributed by atoms with van der Waals surface area (Å²) in [4.78, 5) is 0. The Morgan fingerprint density at radius 1 is 1.33 bits per heavy atom. The van der Waals surface area contributed by atoms with Crippen molar-refractivity contribution >= 4 is 15.9 Å². The number of nitrogens with one attached hydrogen (secondary N) is 1. The van der Waals surface area contributed by atoms with Gasteiger partial charge in [-0.2, -0.15) is 0 Å². The molecule has 2 unspecified atom stereocenters. The maximum Gasteiger partial charge on any atom is 0.0175 e. The summed E-state index contributed by atoms with van der Waals surface area (Å²) in [5, 5.41) is 3.41. The van der Waals surface area contributed by atoms with Crippen molar-refractivity contribution in [2.45, 2.75) is 18.9 Å². The molecular weight excluding hydrogens is 252 g/mol. The molecule has 2 atom stereocenters. The SMILES string of the molecule is NC1CCNCC1Cc1ccc(Br)cc1. The summed E-state index contributed by atoms with van der Waals surface area (Å²) >= 11 is 3.45. The Balaban J connectivity index is 1.98. The minimum Gasteiger partial charge on any atom is -0.327 e. The molecule has 0 amide bonds. The van der Waals surface area contributed by atoms with Gasteiger partial charge in [0.25, 0.3) is 0 Å². The average molecular weight is 269 g/mol. The van der Waals surface area contributed by atoms with E-state index in [4.69, 9.17) is 5.73 Å². The van der Waals surface area contributed by atoms with Gasteiger partial charge in [0.15, 0.2) is 0 Å². The van der Waals surface area contributed by atoms with Crippen LogP contribution in [0.5, 0.6) is 0 Å². The van der Waals surface area contributed by atoms with Gasteiger partial charge in [0, 0.05) is 10.5 Å². The topological polar surface area (TPSA) is 38.0 Å². The highest BCUT2D eigenvalue weighted by atomic mass is 79.9. The van der Waals surface area contributed by atoms with Gasteiger partial charge in [0.05, 0.1) is 0 Å². The maximum absolute atomic E-state index is 6.11. The van der Waals surface area contributed by atoms with Crippen LogP contribution in [0.4, 0.5) is 0 Å². The molecule has 1 saturated heterocycles. The van der Waals surface area contributed by atoms with Crippen LogP contribution < -0.4 is 11.1 Å². The molecule has 1 heterocycles. The van der Waals surface area contributed by atoms with Gasteiger partial charge in [-0.3, -0.25) is 0 Å². The third-order valence-corrected chi connectivity index (χ3v) is 3.61. The smallest absolute Gasteiger partial charge is 0.0175 e. The lowest BCUT2D eigenvalue weighted by Crippen LogP contribution is -2.45. The van der Waals surface area contributed by atoms with Crippen molar-refractivity contribution in [3.63, 3.8) is 0 Å². The highest BCUT2D eigenvalue weighted by molar-refractivity contribution is 9.10. The molecule has 1 aromatic rings. The summed E-state index contributed by atoms with van der Waals surface area (Å²) in [6.07, 6.45) is 2.18.